The number of pyridine rings is 1. The van der Waals surface area contributed by atoms with Crippen LogP contribution in [0.1, 0.15) is 68.2 Å². The van der Waals surface area contributed by atoms with Crippen molar-refractivity contribution in [3.05, 3.63) is 29.1 Å². The minimum atomic E-state index is -0.243. The van der Waals surface area contributed by atoms with Crippen LogP contribution in [0, 0.1) is 0 Å². The monoisotopic (exact) mass is 247 g/mol. The predicted octanol–water partition coefficient (Wildman–Crippen LogP) is 3.43. The smallest absolute Gasteiger partial charge is 0.339 e. The highest BCUT2D eigenvalue weighted by Crippen LogP contribution is 2.41. The molecule has 98 valence electrons. The van der Waals surface area contributed by atoms with Crippen LogP contribution in [0.5, 0.6) is 0 Å². The van der Waals surface area contributed by atoms with Crippen LogP contribution in [-0.4, -0.2) is 17.6 Å². The van der Waals surface area contributed by atoms with E-state index < -0.39 is 0 Å². The Kier molecular flexibility index (Phi) is 3.42. The molecule has 0 atom stereocenters. The normalized spacial score (nSPS) is 15.6. The summed E-state index contributed by atoms with van der Waals surface area (Å²) in [6, 6.07) is 3.82. The molecule has 18 heavy (non-hydrogen) atoms. The maximum absolute atomic E-state index is 11.9. The molecule has 3 nitrogen and oxygen atoms in total. The second-order valence-electron chi connectivity index (χ2n) is 5.87. The van der Waals surface area contributed by atoms with Crippen molar-refractivity contribution >= 4 is 5.97 Å². The lowest BCUT2D eigenvalue weighted by atomic mass is 9.90. The second kappa shape index (κ2) is 4.71. The van der Waals surface area contributed by atoms with E-state index in [1.165, 1.54) is 0 Å². The van der Waals surface area contributed by atoms with Gasteiger partial charge in [0.2, 0.25) is 0 Å². The third-order valence-corrected chi connectivity index (χ3v) is 3.15. The highest BCUT2D eigenvalue weighted by atomic mass is 16.5. The molecule has 1 aromatic heterocycles. The molecule has 2 rings (SSSR count). The molecule has 0 amide bonds. The van der Waals surface area contributed by atoms with Crippen LogP contribution in [0.4, 0.5) is 0 Å². The number of hydrogen-bond acceptors (Lipinski definition) is 3. The van der Waals surface area contributed by atoms with Crippen LogP contribution < -0.4 is 0 Å². The summed E-state index contributed by atoms with van der Waals surface area (Å²) in [7, 11) is 0. The number of carbonyl (C=O) groups excluding carboxylic acids is 1. The SMILES string of the molecule is CCOC(=O)c1ccc(C(C)(C)C)nc1C1CC1. The Morgan fingerprint density at radius 2 is 2.06 bits per heavy atom. The van der Waals surface area contributed by atoms with Crippen molar-refractivity contribution in [2.24, 2.45) is 0 Å². The van der Waals surface area contributed by atoms with Crippen LogP contribution in [0.3, 0.4) is 0 Å². The molecule has 0 bridgehead atoms. The average molecular weight is 247 g/mol. The minimum Gasteiger partial charge on any atom is -0.462 e. The molecule has 3 heteroatoms. The van der Waals surface area contributed by atoms with Gasteiger partial charge in [0.25, 0.3) is 0 Å². The summed E-state index contributed by atoms with van der Waals surface area (Å²) in [5.41, 5.74) is 2.63. The van der Waals surface area contributed by atoms with Gasteiger partial charge in [0.15, 0.2) is 0 Å². The molecular formula is C15H21NO2. The summed E-state index contributed by atoms with van der Waals surface area (Å²) in [5.74, 6) is 0.207. The number of ether oxygens (including phenoxy) is 1. The first kappa shape index (κ1) is 13.1. The van der Waals surface area contributed by atoms with Crippen molar-refractivity contribution in [3.63, 3.8) is 0 Å². The Hall–Kier alpha value is -1.38. The fraction of sp³-hybridized carbons (Fsp3) is 0.600. The Morgan fingerprint density at radius 3 is 2.56 bits per heavy atom. The van der Waals surface area contributed by atoms with E-state index in [9.17, 15) is 4.79 Å². The molecule has 1 aliphatic carbocycles. The van der Waals surface area contributed by atoms with Crippen molar-refractivity contribution < 1.29 is 9.53 Å². The van der Waals surface area contributed by atoms with Crippen molar-refractivity contribution in [2.75, 3.05) is 6.61 Å². The summed E-state index contributed by atoms with van der Waals surface area (Å²) in [4.78, 5) is 16.6. The van der Waals surface area contributed by atoms with E-state index in [1.54, 1.807) is 0 Å². The number of hydrogen-bond donors (Lipinski definition) is 0. The van der Waals surface area contributed by atoms with Gasteiger partial charge in [-0.25, -0.2) is 4.79 Å². The number of rotatable bonds is 3. The molecule has 0 N–H and O–H groups in total. The van der Waals surface area contributed by atoms with Gasteiger partial charge in [-0.3, -0.25) is 4.98 Å². The Morgan fingerprint density at radius 1 is 1.39 bits per heavy atom. The zero-order valence-electron chi connectivity index (χ0n) is 11.6. The summed E-state index contributed by atoms with van der Waals surface area (Å²) in [5, 5.41) is 0. The van der Waals surface area contributed by atoms with E-state index in [1.807, 2.05) is 19.1 Å². The molecule has 0 aromatic carbocycles. The molecule has 1 aliphatic rings. The molecule has 1 aromatic rings. The topological polar surface area (TPSA) is 39.2 Å². The van der Waals surface area contributed by atoms with Gasteiger partial charge in [-0.1, -0.05) is 20.8 Å². The van der Waals surface area contributed by atoms with E-state index in [4.69, 9.17) is 9.72 Å². The van der Waals surface area contributed by atoms with Gasteiger partial charge in [0.05, 0.1) is 17.9 Å². The molecule has 0 saturated heterocycles. The van der Waals surface area contributed by atoms with E-state index in [0.717, 1.165) is 24.2 Å². The Balaban J connectivity index is 2.39. The molecule has 0 unspecified atom stereocenters. The standard InChI is InChI=1S/C15H21NO2/c1-5-18-14(17)11-8-9-12(15(2,3)4)16-13(11)10-6-7-10/h8-10H,5-7H2,1-4H3. The van der Waals surface area contributed by atoms with Gasteiger partial charge < -0.3 is 4.74 Å². The largest absolute Gasteiger partial charge is 0.462 e. The Labute approximate surface area is 109 Å². The van der Waals surface area contributed by atoms with E-state index in [0.29, 0.717) is 18.1 Å². The molecule has 0 radical (unpaired) electrons. The first-order valence-corrected chi connectivity index (χ1v) is 6.62. The van der Waals surface area contributed by atoms with Crippen LogP contribution in [0.2, 0.25) is 0 Å². The summed E-state index contributed by atoms with van der Waals surface area (Å²) in [6.45, 7) is 8.64. The molecule has 0 aliphatic heterocycles. The Bertz CT molecular complexity index is 456. The quantitative estimate of drug-likeness (QED) is 0.768. The van der Waals surface area contributed by atoms with Gasteiger partial charge in [-0.05, 0) is 31.9 Å². The zero-order valence-corrected chi connectivity index (χ0v) is 11.6. The molecule has 1 heterocycles. The number of esters is 1. The second-order valence-corrected chi connectivity index (χ2v) is 5.87. The lowest BCUT2D eigenvalue weighted by molar-refractivity contribution is 0.0524. The van der Waals surface area contributed by atoms with Crippen LogP contribution in [-0.2, 0) is 10.2 Å². The molecule has 0 spiro atoms. The van der Waals surface area contributed by atoms with Crippen molar-refractivity contribution in [1.82, 2.24) is 4.98 Å². The van der Waals surface area contributed by atoms with Crippen LogP contribution in [0.25, 0.3) is 0 Å². The fourth-order valence-electron chi connectivity index (χ4n) is 1.94. The van der Waals surface area contributed by atoms with Crippen molar-refractivity contribution in [3.8, 4) is 0 Å². The van der Waals surface area contributed by atoms with Crippen molar-refractivity contribution in [2.45, 2.75) is 51.9 Å². The van der Waals surface area contributed by atoms with E-state index in [-0.39, 0.29) is 11.4 Å². The van der Waals surface area contributed by atoms with Crippen LogP contribution >= 0.6 is 0 Å². The van der Waals surface area contributed by atoms with E-state index >= 15 is 0 Å². The summed E-state index contributed by atoms with van der Waals surface area (Å²) < 4.78 is 5.09. The first-order chi connectivity index (χ1) is 8.43. The molecule has 1 saturated carbocycles. The number of nitrogens with zero attached hydrogens (tertiary/aromatic N) is 1. The number of aromatic nitrogens is 1. The predicted molar refractivity (Wildman–Crippen MR) is 70.9 cm³/mol. The van der Waals surface area contributed by atoms with Gasteiger partial charge in [0.1, 0.15) is 0 Å². The van der Waals surface area contributed by atoms with Gasteiger partial charge in [-0.2, -0.15) is 0 Å². The third-order valence-electron chi connectivity index (χ3n) is 3.15. The van der Waals surface area contributed by atoms with E-state index in [2.05, 4.69) is 20.8 Å². The van der Waals surface area contributed by atoms with Gasteiger partial charge in [-0.15, -0.1) is 0 Å². The fourth-order valence-corrected chi connectivity index (χ4v) is 1.94. The molecule has 1 fully saturated rings. The highest BCUT2D eigenvalue weighted by molar-refractivity contribution is 5.91. The highest BCUT2D eigenvalue weighted by Gasteiger charge is 2.31. The number of carbonyl (C=O) groups is 1. The first-order valence-electron chi connectivity index (χ1n) is 6.62. The maximum Gasteiger partial charge on any atom is 0.339 e. The molecular weight excluding hydrogens is 226 g/mol. The summed E-state index contributed by atoms with van der Waals surface area (Å²) in [6.07, 6.45) is 2.26. The zero-order chi connectivity index (χ0) is 13.3. The van der Waals surface area contributed by atoms with Gasteiger partial charge in [0, 0.05) is 17.0 Å². The van der Waals surface area contributed by atoms with Crippen LogP contribution in [0.15, 0.2) is 12.1 Å². The average Bonchev–Trinajstić information content (AvgIpc) is 3.11. The minimum absolute atomic E-state index is 0.0107. The summed E-state index contributed by atoms with van der Waals surface area (Å²) >= 11 is 0. The maximum atomic E-state index is 11.9. The van der Waals surface area contributed by atoms with Crippen molar-refractivity contribution in [1.29, 1.82) is 0 Å². The lowest BCUT2D eigenvalue weighted by Gasteiger charge is -2.19. The lowest BCUT2D eigenvalue weighted by Crippen LogP contribution is -2.17. The third kappa shape index (κ3) is 2.71. The van der Waals surface area contributed by atoms with Gasteiger partial charge >= 0.3 is 5.97 Å².